The molecule has 200 valence electrons. The lowest BCUT2D eigenvalue weighted by Crippen LogP contribution is -2.29. The van der Waals surface area contributed by atoms with Crippen molar-refractivity contribution in [2.24, 2.45) is 0 Å². The lowest BCUT2D eigenvalue weighted by molar-refractivity contribution is 0.255. The first-order valence-corrected chi connectivity index (χ1v) is 15.5. The highest BCUT2D eigenvalue weighted by Crippen LogP contribution is 2.38. The molecule has 0 saturated carbocycles. The van der Waals surface area contributed by atoms with Crippen LogP contribution in [-0.4, -0.2) is 73.0 Å². The fraction of sp³-hybridized carbons (Fsp3) is 0.444. The summed E-state index contributed by atoms with van der Waals surface area (Å²) in [6.07, 6.45) is 10.0. The molecule has 0 bridgehead atoms. The van der Waals surface area contributed by atoms with Gasteiger partial charge in [0.15, 0.2) is 5.65 Å². The zero-order chi connectivity index (χ0) is 26.4. The maximum Gasteiger partial charge on any atom is 0.240 e. The summed E-state index contributed by atoms with van der Waals surface area (Å²) in [6.45, 7) is 5.28. The summed E-state index contributed by atoms with van der Waals surface area (Å²) >= 11 is 1.73. The zero-order valence-electron chi connectivity index (χ0n) is 21.9. The van der Waals surface area contributed by atoms with E-state index < -0.39 is 10.0 Å². The van der Waals surface area contributed by atoms with Gasteiger partial charge in [0.2, 0.25) is 10.0 Å². The molecule has 5 heterocycles. The van der Waals surface area contributed by atoms with E-state index in [1.54, 1.807) is 29.7 Å². The number of nitrogens with one attached hydrogen (secondary N) is 2. The second-order valence-corrected chi connectivity index (χ2v) is 13.4. The van der Waals surface area contributed by atoms with Crippen LogP contribution in [0.1, 0.15) is 43.5 Å². The van der Waals surface area contributed by atoms with Crippen LogP contribution in [0.25, 0.3) is 32.9 Å². The maximum atomic E-state index is 12.8. The highest BCUT2D eigenvalue weighted by Gasteiger charge is 2.25. The topological polar surface area (TPSA) is 107 Å². The number of aromatic nitrogens is 4. The second kappa shape index (κ2) is 10.0. The lowest BCUT2D eigenvalue weighted by atomic mass is 9.98. The van der Waals surface area contributed by atoms with Crippen molar-refractivity contribution in [1.29, 1.82) is 0 Å². The van der Waals surface area contributed by atoms with Gasteiger partial charge >= 0.3 is 0 Å². The molecular weight excluding hydrogens is 518 g/mol. The second-order valence-electron chi connectivity index (χ2n) is 10.4. The van der Waals surface area contributed by atoms with Crippen LogP contribution in [0.3, 0.4) is 0 Å². The first-order chi connectivity index (χ1) is 18.3. The average molecular weight is 552 g/mol. The summed E-state index contributed by atoms with van der Waals surface area (Å²) in [5, 5.41) is 1.18. The van der Waals surface area contributed by atoms with Crippen molar-refractivity contribution in [3.8, 4) is 21.7 Å². The molecule has 11 heteroatoms. The Labute approximate surface area is 227 Å². The lowest BCUT2D eigenvalue weighted by Gasteiger charge is -2.27. The molecule has 1 aromatic carbocycles. The van der Waals surface area contributed by atoms with E-state index >= 15 is 0 Å². The molecule has 0 radical (unpaired) electrons. The van der Waals surface area contributed by atoms with E-state index in [4.69, 9.17) is 9.97 Å². The van der Waals surface area contributed by atoms with Gasteiger partial charge in [0.05, 0.1) is 26.7 Å². The third-order valence-electron chi connectivity index (χ3n) is 7.89. The molecular formula is C27H33N7O2S2. The molecule has 2 fully saturated rings. The quantitative estimate of drug-likeness (QED) is 0.364. The molecule has 4 aromatic rings. The van der Waals surface area contributed by atoms with Crippen LogP contribution in [0, 0.1) is 0 Å². The molecule has 1 unspecified atom stereocenters. The maximum absolute atomic E-state index is 12.8. The van der Waals surface area contributed by atoms with Crippen molar-refractivity contribution >= 4 is 38.2 Å². The highest BCUT2D eigenvalue weighted by molar-refractivity contribution is 7.89. The number of thiazole rings is 1. The highest BCUT2D eigenvalue weighted by atomic mass is 32.2. The number of aromatic amines is 1. The van der Waals surface area contributed by atoms with Crippen LogP contribution in [0.2, 0.25) is 0 Å². The van der Waals surface area contributed by atoms with E-state index in [0.29, 0.717) is 23.3 Å². The van der Waals surface area contributed by atoms with Gasteiger partial charge in [0, 0.05) is 47.7 Å². The van der Waals surface area contributed by atoms with Crippen LogP contribution in [0.15, 0.2) is 41.7 Å². The Balaban J connectivity index is 1.40. The number of piperidine rings is 1. The predicted octanol–water partition coefficient (Wildman–Crippen LogP) is 4.45. The van der Waals surface area contributed by atoms with E-state index in [1.807, 2.05) is 18.5 Å². The number of rotatable bonds is 6. The molecule has 0 amide bonds. The first-order valence-electron chi connectivity index (χ1n) is 13.2. The van der Waals surface area contributed by atoms with Gasteiger partial charge in [-0.05, 0) is 78.0 Å². The van der Waals surface area contributed by atoms with Gasteiger partial charge in [-0.1, -0.05) is 0 Å². The molecule has 9 nitrogen and oxygen atoms in total. The molecule has 0 aliphatic carbocycles. The molecule has 1 atom stereocenters. The largest absolute Gasteiger partial charge is 0.369 e. The van der Waals surface area contributed by atoms with E-state index in [-0.39, 0.29) is 4.90 Å². The Hall–Kier alpha value is -2.86. The number of anilines is 1. The van der Waals surface area contributed by atoms with Crippen molar-refractivity contribution in [2.45, 2.75) is 49.5 Å². The number of benzene rings is 1. The van der Waals surface area contributed by atoms with Gasteiger partial charge in [-0.25, -0.2) is 28.1 Å². The van der Waals surface area contributed by atoms with E-state index in [2.05, 4.69) is 38.5 Å². The number of nitrogens with zero attached hydrogens (tertiary/aromatic N) is 5. The van der Waals surface area contributed by atoms with Gasteiger partial charge in [0.1, 0.15) is 5.52 Å². The SMILES string of the molecule is CNS(=O)(=O)c1cc(-c2cnc3[nH]cc(-c4cnc(C5CCN(C)CC5)s4)c3n2)cc(N2CCCC2C)c1. The molecule has 2 aliphatic rings. The molecule has 38 heavy (non-hydrogen) atoms. The van der Waals surface area contributed by atoms with Crippen molar-refractivity contribution in [2.75, 3.05) is 38.6 Å². The number of fused-ring (bicyclic) bond motifs is 1. The molecule has 0 spiro atoms. The number of hydrogen-bond donors (Lipinski definition) is 2. The van der Waals surface area contributed by atoms with Crippen LogP contribution in [-0.2, 0) is 10.0 Å². The normalized spacial score (nSPS) is 19.6. The summed E-state index contributed by atoms with van der Waals surface area (Å²) in [7, 11) is -0.0248. The minimum Gasteiger partial charge on any atom is -0.369 e. The summed E-state index contributed by atoms with van der Waals surface area (Å²) in [5.74, 6) is 0.500. The fourth-order valence-electron chi connectivity index (χ4n) is 5.56. The van der Waals surface area contributed by atoms with E-state index in [0.717, 1.165) is 72.5 Å². The Kier molecular flexibility index (Phi) is 6.71. The van der Waals surface area contributed by atoms with E-state index in [9.17, 15) is 8.42 Å². The Morgan fingerprint density at radius 3 is 2.63 bits per heavy atom. The Bertz CT molecular complexity index is 1570. The summed E-state index contributed by atoms with van der Waals surface area (Å²) in [4.78, 5) is 23.6. The number of hydrogen-bond acceptors (Lipinski definition) is 8. The number of H-pyrrole nitrogens is 1. The Morgan fingerprint density at radius 2 is 1.89 bits per heavy atom. The monoisotopic (exact) mass is 551 g/mol. The van der Waals surface area contributed by atoms with Crippen molar-refractivity contribution in [3.05, 3.63) is 41.8 Å². The van der Waals surface area contributed by atoms with Gasteiger partial charge in [-0.2, -0.15) is 0 Å². The van der Waals surface area contributed by atoms with Crippen molar-refractivity contribution < 1.29 is 8.42 Å². The Morgan fingerprint density at radius 1 is 1.08 bits per heavy atom. The summed E-state index contributed by atoms with van der Waals surface area (Å²) < 4.78 is 28.1. The zero-order valence-corrected chi connectivity index (χ0v) is 23.6. The van der Waals surface area contributed by atoms with Crippen molar-refractivity contribution in [1.82, 2.24) is 29.6 Å². The molecule has 3 aromatic heterocycles. The smallest absolute Gasteiger partial charge is 0.240 e. The van der Waals surface area contributed by atoms with Gasteiger partial charge in [0.25, 0.3) is 0 Å². The molecule has 6 rings (SSSR count). The number of likely N-dealkylation sites (tertiary alicyclic amines) is 1. The third-order valence-corrected chi connectivity index (χ3v) is 10.5. The third kappa shape index (κ3) is 4.72. The average Bonchev–Trinajstić information content (AvgIpc) is 3.68. The van der Waals surface area contributed by atoms with Crippen LogP contribution >= 0.6 is 11.3 Å². The molecule has 2 aliphatic heterocycles. The molecule has 2 saturated heterocycles. The summed E-state index contributed by atoms with van der Waals surface area (Å²) in [6, 6.07) is 5.82. The minimum atomic E-state index is -3.63. The van der Waals surface area contributed by atoms with Crippen LogP contribution in [0.5, 0.6) is 0 Å². The summed E-state index contributed by atoms with van der Waals surface area (Å²) in [5.41, 5.74) is 4.69. The predicted molar refractivity (Wildman–Crippen MR) is 152 cm³/mol. The van der Waals surface area contributed by atoms with E-state index in [1.165, 1.54) is 12.1 Å². The van der Waals surface area contributed by atoms with Gasteiger partial charge in [-0.3, -0.25) is 0 Å². The van der Waals surface area contributed by atoms with Crippen LogP contribution < -0.4 is 9.62 Å². The minimum absolute atomic E-state index is 0.230. The standard InChI is InChI=1S/C27H33N7O2S2/c1-17-5-4-8-34(17)20-11-19(12-21(13-20)38(35,36)28-2)23-15-30-26-25(32-23)22(14-29-26)24-16-31-27(37-24)18-6-9-33(3)10-7-18/h11-18,28H,4-10H2,1-3H3,(H,29,30). The molecule has 2 N–H and O–H groups in total. The number of sulfonamides is 1. The fourth-order valence-corrected chi connectivity index (χ4v) is 7.46. The van der Waals surface area contributed by atoms with Crippen LogP contribution in [0.4, 0.5) is 5.69 Å². The van der Waals surface area contributed by atoms with Crippen molar-refractivity contribution in [3.63, 3.8) is 0 Å². The van der Waals surface area contributed by atoms with Gasteiger partial charge in [-0.15, -0.1) is 11.3 Å². The van der Waals surface area contributed by atoms with Gasteiger partial charge < -0.3 is 14.8 Å². The first kappa shape index (κ1) is 25.4.